The van der Waals surface area contributed by atoms with E-state index in [1.54, 1.807) is 25.5 Å². The van der Waals surface area contributed by atoms with Crippen molar-refractivity contribution in [2.75, 3.05) is 7.05 Å². The van der Waals surface area contributed by atoms with E-state index in [1.165, 1.54) is 23.1 Å². The SMILES string of the molecule is CN(Cc1cccnc1)C(=O)c1cc(S(N)(=O)=O)ccc1Br. The molecule has 0 saturated carbocycles. The highest BCUT2D eigenvalue weighted by atomic mass is 79.9. The first-order valence-electron chi connectivity index (χ1n) is 6.26. The minimum atomic E-state index is -3.86. The lowest BCUT2D eigenvalue weighted by molar-refractivity contribution is 0.0784. The highest BCUT2D eigenvalue weighted by molar-refractivity contribution is 9.10. The van der Waals surface area contributed by atoms with Gasteiger partial charge >= 0.3 is 0 Å². The Balaban J connectivity index is 2.29. The van der Waals surface area contributed by atoms with Crippen molar-refractivity contribution in [1.29, 1.82) is 0 Å². The van der Waals surface area contributed by atoms with Crippen molar-refractivity contribution in [3.8, 4) is 0 Å². The molecule has 2 N–H and O–H groups in total. The topological polar surface area (TPSA) is 93.4 Å². The summed E-state index contributed by atoms with van der Waals surface area (Å²) in [5.74, 6) is -0.318. The molecular weight excluding hydrogens is 370 g/mol. The van der Waals surface area contributed by atoms with Gasteiger partial charge in [0, 0.05) is 30.5 Å². The smallest absolute Gasteiger partial charge is 0.255 e. The molecule has 2 rings (SSSR count). The molecule has 1 heterocycles. The number of rotatable bonds is 4. The number of nitrogens with two attached hydrogens (primary N) is 1. The zero-order valence-corrected chi connectivity index (χ0v) is 14.1. The molecule has 0 radical (unpaired) electrons. The summed E-state index contributed by atoms with van der Waals surface area (Å²) in [6.45, 7) is 0.360. The standard InChI is InChI=1S/C14H14BrN3O3S/c1-18(9-10-3-2-6-17-8-10)14(19)12-7-11(22(16,20)21)4-5-13(12)15/h2-8H,9H2,1H3,(H2,16,20,21). The third kappa shape index (κ3) is 3.90. The van der Waals surface area contributed by atoms with Crippen LogP contribution in [0.25, 0.3) is 0 Å². The first kappa shape index (κ1) is 16.6. The van der Waals surface area contributed by atoms with Crippen molar-refractivity contribution in [3.05, 3.63) is 58.3 Å². The Bertz CT molecular complexity index is 794. The Kier molecular flexibility index (Phi) is 4.94. The molecular formula is C14H14BrN3O3S. The Morgan fingerprint density at radius 2 is 2.09 bits per heavy atom. The maximum atomic E-state index is 12.5. The van der Waals surface area contributed by atoms with Crippen LogP contribution in [0.4, 0.5) is 0 Å². The van der Waals surface area contributed by atoms with Gasteiger partial charge in [-0.05, 0) is 45.8 Å². The van der Waals surface area contributed by atoms with E-state index in [2.05, 4.69) is 20.9 Å². The molecule has 0 spiro atoms. The van der Waals surface area contributed by atoms with Crippen LogP contribution in [0.3, 0.4) is 0 Å². The summed E-state index contributed by atoms with van der Waals surface area (Å²) in [5.41, 5.74) is 1.11. The van der Waals surface area contributed by atoms with Gasteiger partial charge in [-0.1, -0.05) is 6.07 Å². The molecule has 2 aromatic rings. The highest BCUT2D eigenvalue weighted by Gasteiger charge is 2.18. The van der Waals surface area contributed by atoms with E-state index in [0.29, 0.717) is 11.0 Å². The quantitative estimate of drug-likeness (QED) is 0.870. The van der Waals surface area contributed by atoms with Gasteiger partial charge in [-0.3, -0.25) is 9.78 Å². The number of carbonyl (C=O) groups is 1. The molecule has 22 heavy (non-hydrogen) atoms. The number of sulfonamides is 1. The lowest BCUT2D eigenvalue weighted by Gasteiger charge is -2.18. The van der Waals surface area contributed by atoms with E-state index < -0.39 is 10.0 Å². The first-order chi connectivity index (χ1) is 10.3. The van der Waals surface area contributed by atoms with E-state index >= 15 is 0 Å². The summed E-state index contributed by atoms with van der Waals surface area (Å²) >= 11 is 3.26. The molecule has 1 aromatic heterocycles. The lowest BCUT2D eigenvalue weighted by atomic mass is 10.2. The predicted molar refractivity (Wildman–Crippen MR) is 85.5 cm³/mol. The van der Waals surface area contributed by atoms with Crippen molar-refractivity contribution < 1.29 is 13.2 Å². The molecule has 0 aliphatic rings. The molecule has 0 aliphatic carbocycles. The zero-order valence-electron chi connectivity index (χ0n) is 11.7. The lowest BCUT2D eigenvalue weighted by Crippen LogP contribution is -2.27. The number of hydrogen-bond donors (Lipinski definition) is 1. The molecule has 116 valence electrons. The largest absolute Gasteiger partial charge is 0.337 e. The van der Waals surface area contributed by atoms with Crippen LogP contribution in [0.2, 0.25) is 0 Å². The Morgan fingerprint density at radius 1 is 1.36 bits per heavy atom. The summed E-state index contributed by atoms with van der Waals surface area (Å²) in [5, 5.41) is 5.10. The Hall–Kier alpha value is -1.77. The average Bonchev–Trinajstić information content (AvgIpc) is 2.46. The molecule has 0 unspecified atom stereocenters. The Morgan fingerprint density at radius 3 is 2.68 bits per heavy atom. The van der Waals surface area contributed by atoms with Gasteiger partial charge in [0.2, 0.25) is 10.0 Å². The van der Waals surface area contributed by atoms with Gasteiger partial charge in [-0.25, -0.2) is 13.6 Å². The normalized spacial score (nSPS) is 11.2. The summed E-state index contributed by atoms with van der Waals surface area (Å²) in [4.78, 5) is 17.9. The molecule has 1 amide bonds. The van der Waals surface area contributed by atoms with Gasteiger partial charge in [0.05, 0.1) is 10.5 Å². The van der Waals surface area contributed by atoms with Crippen LogP contribution >= 0.6 is 15.9 Å². The maximum absolute atomic E-state index is 12.5. The number of amides is 1. The minimum Gasteiger partial charge on any atom is -0.337 e. The van der Waals surface area contributed by atoms with Gasteiger partial charge < -0.3 is 4.90 Å². The number of carbonyl (C=O) groups excluding carboxylic acids is 1. The zero-order chi connectivity index (χ0) is 16.3. The van der Waals surface area contributed by atoms with Crippen LogP contribution in [0, 0.1) is 0 Å². The van der Waals surface area contributed by atoms with Crippen LogP contribution in [0.15, 0.2) is 52.1 Å². The predicted octanol–water partition coefficient (Wildman–Crippen LogP) is 1.76. The number of halogens is 1. The van der Waals surface area contributed by atoms with E-state index in [9.17, 15) is 13.2 Å². The fraction of sp³-hybridized carbons (Fsp3) is 0.143. The highest BCUT2D eigenvalue weighted by Crippen LogP contribution is 2.22. The number of primary sulfonamides is 1. The summed E-state index contributed by atoms with van der Waals surface area (Å²) in [6.07, 6.45) is 3.32. The van der Waals surface area contributed by atoms with E-state index in [0.717, 1.165) is 5.56 Å². The van der Waals surface area contributed by atoms with Crippen molar-refractivity contribution >= 4 is 31.9 Å². The number of benzene rings is 1. The second-order valence-electron chi connectivity index (χ2n) is 4.71. The van der Waals surface area contributed by atoms with Gasteiger partial charge in [0.25, 0.3) is 5.91 Å². The summed E-state index contributed by atoms with van der Waals surface area (Å²) < 4.78 is 23.3. The van der Waals surface area contributed by atoms with Gasteiger partial charge in [-0.2, -0.15) is 0 Å². The molecule has 1 aromatic carbocycles. The van der Waals surface area contributed by atoms with Crippen LogP contribution in [0.1, 0.15) is 15.9 Å². The fourth-order valence-electron chi connectivity index (χ4n) is 1.89. The molecule has 0 atom stereocenters. The van der Waals surface area contributed by atoms with Crippen LogP contribution in [-0.4, -0.2) is 31.3 Å². The number of hydrogen-bond acceptors (Lipinski definition) is 4. The molecule has 0 saturated heterocycles. The minimum absolute atomic E-state index is 0.103. The average molecular weight is 384 g/mol. The fourth-order valence-corrected chi connectivity index (χ4v) is 2.84. The summed E-state index contributed by atoms with van der Waals surface area (Å²) in [6, 6.07) is 7.74. The molecule has 8 heteroatoms. The molecule has 6 nitrogen and oxygen atoms in total. The summed E-state index contributed by atoms with van der Waals surface area (Å²) in [7, 11) is -2.23. The molecule has 0 aliphatic heterocycles. The van der Waals surface area contributed by atoms with Crippen molar-refractivity contribution in [2.45, 2.75) is 11.4 Å². The third-order valence-electron chi connectivity index (χ3n) is 2.99. The Labute approximate surface area is 137 Å². The van der Waals surface area contributed by atoms with E-state index in [-0.39, 0.29) is 16.4 Å². The van der Waals surface area contributed by atoms with Crippen LogP contribution < -0.4 is 5.14 Å². The van der Waals surface area contributed by atoms with Crippen molar-refractivity contribution in [1.82, 2.24) is 9.88 Å². The van der Waals surface area contributed by atoms with Crippen LogP contribution in [-0.2, 0) is 16.6 Å². The monoisotopic (exact) mass is 383 g/mol. The van der Waals surface area contributed by atoms with Crippen molar-refractivity contribution in [2.24, 2.45) is 5.14 Å². The van der Waals surface area contributed by atoms with Gasteiger partial charge in [0.15, 0.2) is 0 Å². The second-order valence-corrected chi connectivity index (χ2v) is 7.12. The first-order valence-corrected chi connectivity index (χ1v) is 8.59. The van der Waals surface area contributed by atoms with Crippen molar-refractivity contribution in [3.63, 3.8) is 0 Å². The third-order valence-corrected chi connectivity index (χ3v) is 4.59. The van der Waals surface area contributed by atoms with E-state index in [1.807, 2.05) is 6.07 Å². The van der Waals surface area contributed by atoms with Gasteiger partial charge in [-0.15, -0.1) is 0 Å². The molecule has 0 bridgehead atoms. The molecule has 0 fully saturated rings. The number of pyridine rings is 1. The number of nitrogens with zero attached hydrogens (tertiary/aromatic N) is 2. The second kappa shape index (κ2) is 6.55. The maximum Gasteiger partial charge on any atom is 0.255 e. The van der Waals surface area contributed by atoms with Crippen LogP contribution in [0.5, 0.6) is 0 Å². The van der Waals surface area contributed by atoms with Gasteiger partial charge in [0.1, 0.15) is 0 Å². The van der Waals surface area contributed by atoms with E-state index in [4.69, 9.17) is 5.14 Å². The number of aromatic nitrogens is 1.